The number of nitrogens with zero attached hydrogens (tertiary/aromatic N) is 4. The Morgan fingerprint density at radius 3 is 3.09 bits per heavy atom. The molecule has 3 heterocycles. The second-order valence-corrected chi connectivity index (χ2v) is 5.18. The quantitative estimate of drug-likeness (QED) is 0.813. The van der Waals surface area contributed by atoms with Gasteiger partial charge in [0, 0.05) is 31.0 Å². The summed E-state index contributed by atoms with van der Waals surface area (Å²) in [6, 6.07) is 3.66. The fraction of sp³-hybridized carbons (Fsp3) is 0.429. The van der Waals surface area contributed by atoms with E-state index in [1.165, 1.54) is 0 Å². The fourth-order valence-corrected chi connectivity index (χ4v) is 2.23. The Labute approximate surface area is 127 Å². The van der Waals surface area contributed by atoms with E-state index in [1.807, 2.05) is 19.2 Å². The number of carbonyl (C=O) groups excluding carboxylic acids is 1. The first-order valence-electron chi connectivity index (χ1n) is 7.12. The minimum Gasteiger partial charge on any atom is -0.366 e. The van der Waals surface area contributed by atoms with Crippen LogP contribution in [0.1, 0.15) is 5.82 Å². The Morgan fingerprint density at radius 2 is 2.32 bits per heavy atom. The molecule has 2 aromatic heterocycles. The van der Waals surface area contributed by atoms with Gasteiger partial charge in [-0.15, -0.1) is 0 Å². The van der Waals surface area contributed by atoms with Crippen LogP contribution in [0.5, 0.6) is 0 Å². The number of hydrogen-bond acceptors (Lipinski definition) is 6. The van der Waals surface area contributed by atoms with Crippen LogP contribution in [0.15, 0.2) is 24.5 Å². The van der Waals surface area contributed by atoms with Crippen molar-refractivity contribution in [1.82, 2.24) is 30.4 Å². The number of morpholine rings is 1. The van der Waals surface area contributed by atoms with E-state index in [2.05, 4.69) is 30.4 Å². The van der Waals surface area contributed by atoms with Crippen LogP contribution in [0.4, 0.5) is 0 Å². The van der Waals surface area contributed by atoms with E-state index in [0.29, 0.717) is 31.3 Å². The van der Waals surface area contributed by atoms with E-state index >= 15 is 0 Å². The van der Waals surface area contributed by atoms with Gasteiger partial charge in [0.05, 0.1) is 13.2 Å². The van der Waals surface area contributed by atoms with Gasteiger partial charge >= 0.3 is 0 Å². The maximum atomic E-state index is 12.1. The molecule has 1 saturated heterocycles. The maximum Gasteiger partial charge on any atom is 0.250 e. The van der Waals surface area contributed by atoms with Crippen LogP contribution in [-0.4, -0.2) is 63.8 Å². The van der Waals surface area contributed by atoms with Crippen molar-refractivity contribution in [2.75, 3.05) is 26.7 Å². The average Bonchev–Trinajstić information content (AvgIpc) is 3.02. The van der Waals surface area contributed by atoms with Crippen molar-refractivity contribution in [3.05, 3.63) is 30.4 Å². The summed E-state index contributed by atoms with van der Waals surface area (Å²) in [5, 5.41) is 9.78. The minimum absolute atomic E-state index is 0.131. The van der Waals surface area contributed by atoms with Crippen LogP contribution in [0.25, 0.3) is 11.4 Å². The maximum absolute atomic E-state index is 12.1. The van der Waals surface area contributed by atoms with Crippen LogP contribution >= 0.6 is 0 Å². The summed E-state index contributed by atoms with van der Waals surface area (Å²) >= 11 is 0. The Kier molecular flexibility index (Phi) is 4.40. The molecule has 0 spiro atoms. The molecule has 1 atom stereocenters. The first-order chi connectivity index (χ1) is 10.7. The lowest BCUT2D eigenvalue weighted by molar-refractivity contribution is -0.138. The van der Waals surface area contributed by atoms with Crippen LogP contribution in [0, 0.1) is 0 Å². The molecule has 2 aromatic rings. The molecule has 8 heteroatoms. The zero-order chi connectivity index (χ0) is 15.4. The molecule has 0 bridgehead atoms. The van der Waals surface area contributed by atoms with Gasteiger partial charge in [0.25, 0.3) is 5.91 Å². The standard InChI is InChI=1S/C14H18N6O2/c1-20-6-7-22-11(9-20)14(21)16-8-12-17-13(19-18-12)10-2-4-15-5-3-10/h2-5,11H,6-9H2,1H3,(H,16,21)(H,17,18,19). The van der Waals surface area contributed by atoms with E-state index < -0.39 is 6.10 Å². The SMILES string of the molecule is CN1CCOC(C(=O)NCc2nc(-c3ccncc3)n[nH]2)C1. The molecule has 2 N–H and O–H groups in total. The summed E-state index contributed by atoms with van der Waals surface area (Å²) in [5.74, 6) is 1.05. The van der Waals surface area contributed by atoms with Crippen LogP contribution in [0.2, 0.25) is 0 Å². The summed E-state index contributed by atoms with van der Waals surface area (Å²) in [6.07, 6.45) is 2.94. The number of pyridine rings is 1. The van der Waals surface area contributed by atoms with E-state index in [0.717, 1.165) is 12.1 Å². The third-order valence-corrected chi connectivity index (χ3v) is 3.46. The lowest BCUT2D eigenvalue weighted by atomic mass is 10.2. The Morgan fingerprint density at radius 1 is 1.50 bits per heavy atom. The largest absolute Gasteiger partial charge is 0.366 e. The molecule has 0 aromatic carbocycles. The molecule has 1 aliphatic heterocycles. The molecule has 0 aliphatic carbocycles. The Balaban J connectivity index is 1.56. The number of H-pyrrole nitrogens is 1. The van der Waals surface area contributed by atoms with Crippen molar-refractivity contribution in [3.63, 3.8) is 0 Å². The van der Waals surface area contributed by atoms with Crippen molar-refractivity contribution >= 4 is 5.91 Å². The van der Waals surface area contributed by atoms with Gasteiger partial charge in [0.1, 0.15) is 11.9 Å². The minimum atomic E-state index is -0.429. The monoisotopic (exact) mass is 302 g/mol. The van der Waals surface area contributed by atoms with E-state index in [1.54, 1.807) is 12.4 Å². The highest BCUT2D eigenvalue weighted by atomic mass is 16.5. The van der Waals surface area contributed by atoms with Crippen molar-refractivity contribution in [3.8, 4) is 11.4 Å². The molecule has 3 rings (SSSR count). The number of carbonyl (C=O) groups is 1. The second kappa shape index (κ2) is 6.63. The summed E-state index contributed by atoms with van der Waals surface area (Å²) < 4.78 is 5.47. The van der Waals surface area contributed by atoms with Gasteiger partial charge in [0.2, 0.25) is 0 Å². The van der Waals surface area contributed by atoms with Gasteiger partial charge < -0.3 is 15.0 Å². The Hall–Kier alpha value is -2.32. The molecule has 1 aliphatic rings. The van der Waals surface area contributed by atoms with Gasteiger partial charge in [-0.1, -0.05) is 0 Å². The van der Waals surface area contributed by atoms with Gasteiger partial charge in [-0.3, -0.25) is 14.9 Å². The zero-order valence-corrected chi connectivity index (χ0v) is 12.3. The average molecular weight is 302 g/mol. The van der Waals surface area contributed by atoms with Crippen molar-refractivity contribution in [1.29, 1.82) is 0 Å². The number of amides is 1. The third kappa shape index (κ3) is 3.46. The zero-order valence-electron chi connectivity index (χ0n) is 12.3. The molecule has 8 nitrogen and oxygen atoms in total. The summed E-state index contributed by atoms with van der Waals surface area (Å²) in [4.78, 5) is 22.4. The van der Waals surface area contributed by atoms with Crippen molar-refractivity contribution in [2.45, 2.75) is 12.6 Å². The molecule has 1 fully saturated rings. The number of nitrogens with one attached hydrogen (secondary N) is 2. The number of ether oxygens (including phenoxy) is 1. The number of rotatable bonds is 4. The molecule has 22 heavy (non-hydrogen) atoms. The summed E-state index contributed by atoms with van der Waals surface area (Å²) in [5.41, 5.74) is 0.876. The number of aromatic nitrogens is 4. The normalized spacial score (nSPS) is 19.0. The summed E-state index contributed by atoms with van der Waals surface area (Å²) in [7, 11) is 1.97. The number of likely N-dealkylation sites (N-methyl/N-ethyl adjacent to an activating group) is 1. The van der Waals surface area contributed by atoms with Gasteiger partial charge in [-0.25, -0.2) is 4.98 Å². The van der Waals surface area contributed by atoms with Crippen LogP contribution in [0.3, 0.4) is 0 Å². The summed E-state index contributed by atoms with van der Waals surface area (Å²) in [6.45, 7) is 2.31. The lowest BCUT2D eigenvalue weighted by Crippen LogP contribution is -2.48. The van der Waals surface area contributed by atoms with E-state index in [9.17, 15) is 4.79 Å². The molecule has 0 saturated carbocycles. The molecule has 116 valence electrons. The number of aromatic amines is 1. The molecular weight excluding hydrogens is 284 g/mol. The topological polar surface area (TPSA) is 96.0 Å². The highest BCUT2D eigenvalue weighted by Crippen LogP contribution is 2.12. The highest BCUT2D eigenvalue weighted by molar-refractivity contribution is 5.81. The molecule has 1 amide bonds. The van der Waals surface area contributed by atoms with Crippen LogP contribution < -0.4 is 5.32 Å². The van der Waals surface area contributed by atoms with Crippen molar-refractivity contribution < 1.29 is 9.53 Å². The van der Waals surface area contributed by atoms with Gasteiger partial charge in [0.15, 0.2) is 5.82 Å². The smallest absolute Gasteiger partial charge is 0.250 e. The van der Waals surface area contributed by atoms with Gasteiger partial charge in [-0.2, -0.15) is 5.10 Å². The predicted molar refractivity (Wildman–Crippen MR) is 78.7 cm³/mol. The number of hydrogen-bond donors (Lipinski definition) is 2. The predicted octanol–water partition coefficient (Wildman–Crippen LogP) is -0.187. The van der Waals surface area contributed by atoms with Crippen molar-refractivity contribution in [2.24, 2.45) is 0 Å². The lowest BCUT2D eigenvalue weighted by Gasteiger charge is -2.28. The third-order valence-electron chi connectivity index (χ3n) is 3.46. The van der Waals surface area contributed by atoms with E-state index in [-0.39, 0.29) is 5.91 Å². The van der Waals surface area contributed by atoms with Gasteiger partial charge in [-0.05, 0) is 19.2 Å². The Bertz CT molecular complexity index is 629. The first kappa shape index (κ1) is 14.6. The first-order valence-corrected chi connectivity index (χ1v) is 7.12. The second-order valence-electron chi connectivity index (χ2n) is 5.18. The van der Waals surface area contributed by atoms with Crippen LogP contribution in [-0.2, 0) is 16.1 Å². The molecule has 1 unspecified atom stereocenters. The molecule has 0 radical (unpaired) electrons. The van der Waals surface area contributed by atoms with E-state index in [4.69, 9.17) is 4.74 Å². The molecular formula is C14H18N6O2. The highest BCUT2D eigenvalue weighted by Gasteiger charge is 2.24. The fourth-order valence-electron chi connectivity index (χ4n) is 2.23.